The molecule has 0 unspecified atom stereocenters. The number of fused-ring (bicyclic) bond motifs is 8. The Morgan fingerprint density at radius 1 is 0.407 bits per heavy atom. The summed E-state index contributed by atoms with van der Waals surface area (Å²) >= 11 is 0. The van der Waals surface area contributed by atoms with Crippen molar-refractivity contribution < 1.29 is 29.4 Å². The third kappa shape index (κ3) is 5.55. The number of aromatic nitrogens is 4. The Morgan fingerprint density at radius 3 is 1.15 bits per heavy atom. The summed E-state index contributed by atoms with van der Waals surface area (Å²) in [6, 6.07) is 21.0. The topological polar surface area (TPSA) is 166 Å². The fraction of sp³-hybridized carbons (Fsp3) is 0. The summed E-state index contributed by atoms with van der Waals surface area (Å²) in [4.78, 5) is 67.1. The van der Waals surface area contributed by atoms with Gasteiger partial charge in [0.25, 0.3) is 0 Å². The Kier molecular flexibility index (Phi) is 7.45. The maximum atomic E-state index is 12.7. The zero-order valence-corrected chi connectivity index (χ0v) is 28.1. The van der Waals surface area contributed by atoms with Crippen molar-refractivity contribution in [2.24, 2.45) is 0 Å². The van der Waals surface area contributed by atoms with Crippen molar-refractivity contribution >= 4 is 80.7 Å². The van der Waals surface area contributed by atoms with Crippen LogP contribution in [0.25, 0.3) is 79.8 Å². The van der Waals surface area contributed by atoms with E-state index >= 15 is 0 Å². The first-order chi connectivity index (χ1) is 26.2. The molecule has 3 aromatic heterocycles. The van der Waals surface area contributed by atoms with Gasteiger partial charge in [0, 0.05) is 44.3 Å². The lowest BCUT2D eigenvalue weighted by atomic mass is 9.97. The molecule has 258 valence electrons. The fourth-order valence-electron chi connectivity index (χ4n) is 7.07. The number of nitrogens with one attached hydrogen (secondary N) is 2. The number of phenols is 2. The summed E-state index contributed by atoms with van der Waals surface area (Å²) in [7, 11) is 0. The molecule has 54 heavy (non-hydrogen) atoms. The van der Waals surface area contributed by atoms with Gasteiger partial charge >= 0.3 is 0 Å². The van der Waals surface area contributed by atoms with Crippen LogP contribution < -0.4 is 0 Å². The van der Waals surface area contributed by atoms with Gasteiger partial charge in [0.2, 0.25) is 23.1 Å². The summed E-state index contributed by atoms with van der Waals surface area (Å²) in [5.74, 6) is -2.45. The molecule has 2 aliphatic heterocycles. The summed E-state index contributed by atoms with van der Waals surface area (Å²) in [5, 5.41) is 21.1. The number of allylic oxidation sites excluding steroid dienone is 8. The van der Waals surface area contributed by atoms with E-state index in [-0.39, 0.29) is 11.5 Å². The van der Waals surface area contributed by atoms with Gasteiger partial charge in [-0.05, 0) is 119 Å². The van der Waals surface area contributed by atoms with Gasteiger partial charge in [-0.1, -0.05) is 36.4 Å². The molecule has 10 nitrogen and oxygen atoms in total. The Bertz CT molecular complexity index is 2730. The number of carbonyl (C=O) groups excluding carboxylic acids is 4. The lowest BCUT2D eigenvalue weighted by molar-refractivity contribution is -0.131. The maximum absolute atomic E-state index is 12.7. The third-order valence-corrected chi connectivity index (χ3v) is 9.49. The van der Waals surface area contributed by atoms with E-state index in [4.69, 9.17) is 9.97 Å². The molecule has 5 heterocycles. The Morgan fingerprint density at radius 2 is 0.778 bits per heavy atom. The van der Waals surface area contributed by atoms with E-state index in [9.17, 15) is 29.4 Å². The van der Waals surface area contributed by atoms with Gasteiger partial charge in [-0.3, -0.25) is 19.2 Å². The molecular weight excluding hydrogens is 681 g/mol. The van der Waals surface area contributed by atoms with Crippen LogP contribution in [0.3, 0.4) is 0 Å². The lowest BCUT2D eigenvalue weighted by Gasteiger charge is -2.09. The summed E-state index contributed by atoms with van der Waals surface area (Å²) < 4.78 is 0. The normalized spacial score (nSPS) is 14.9. The van der Waals surface area contributed by atoms with E-state index in [0.717, 1.165) is 0 Å². The van der Waals surface area contributed by atoms with Gasteiger partial charge in [-0.25, -0.2) is 9.97 Å². The molecule has 4 N–H and O–H groups in total. The summed E-state index contributed by atoms with van der Waals surface area (Å²) in [6.07, 6.45) is 15.6. The number of hydrogen-bond acceptors (Lipinski definition) is 8. The minimum atomic E-state index is -0.654. The highest BCUT2D eigenvalue weighted by molar-refractivity contribution is 6.49. The van der Waals surface area contributed by atoms with Crippen molar-refractivity contribution in [3.05, 3.63) is 143 Å². The maximum Gasteiger partial charge on any atom is 0.226 e. The SMILES string of the molecule is O=C1C=CC(c2c3nc(c(-c4cccc(O)c4)c4ccc([nH]4)c(C4=CC(=O)C(=O)C=C4)c4nc(c(-c5cccc(O)c5)c5ccc2[nH]5)C=C4)C=C3)=CC1=O. The molecule has 4 aliphatic rings. The van der Waals surface area contributed by atoms with Gasteiger partial charge in [0.05, 0.1) is 22.8 Å². The number of aromatic amines is 2. The van der Waals surface area contributed by atoms with E-state index in [2.05, 4.69) is 9.97 Å². The van der Waals surface area contributed by atoms with Crippen LogP contribution in [0.1, 0.15) is 33.9 Å². The van der Waals surface area contributed by atoms with Crippen LogP contribution in [0.15, 0.2) is 109 Å². The second-order valence-electron chi connectivity index (χ2n) is 12.9. The third-order valence-electron chi connectivity index (χ3n) is 9.49. The van der Waals surface area contributed by atoms with Crippen molar-refractivity contribution in [2.45, 2.75) is 0 Å². The van der Waals surface area contributed by atoms with Crippen LogP contribution >= 0.6 is 0 Å². The lowest BCUT2D eigenvalue weighted by Crippen LogP contribution is -2.11. The monoisotopic (exact) mass is 706 g/mol. The number of ketones is 4. The number of H-pyrrole nitrogens is 2. The molecule has 0 saturated heterocycles. The van der Waals surface area contributed by atoms with Gasteiger partial charge < -0.3 is 20.2 Å². The van der Waals surface area contributed by atoms with Crippen LogP contribution in [0.5, 0.6) is 11.5 Å². The molecule has 0 spiro atoms. The molecule has 0 fully saturated rings. The fourth-order valence-corrected chi connectivity index (χ4v) is 7.07. The second-order valence-corrected chi connectivity index (χ2v) is 12.9. The molecule has 8 bridgehead atoms. The number of rotatable bonds is 4. The van der Waals surface area contributed by atoms with Crippen molar-refractivity contribution in [1.82, 2.24) is 19.9 Å². The van der Waals surface area contributed by atoms with Crippen LogP contribution in [-0.4, -0.2) is 53.3 Å². The molecule has 0 amide bonds. The molecule has 2 aliphatic carbocycles. The van der Waals surface area contributed by atoms with Gasteiger partial charge in [-0.15, -0.1) is 0 Å². The molecule has 5 aromatic rings. The van der Waals surface area contributed by atoms with Gasteiger partial charge in [-0.2, -0.15) is 0 Å². The Balaban J connectivity index is 1.47. The highest BCUT2D eigenvalue weighted by Gasteiger charge is 2.23. The zero-order valence-electron chi connectivity index (χ0n) is 28.1. The molecule has 9 rings (SSSR count). The first-order valence-electron chi connectivity index (χ1n) is 16.9. The number of carbonyl (C=O) groups is 4. The minimum absolute atomic E-state index is 0.0535. The van der Waals surface area contributed by atoms with Crippen molar-refractivity contribution in [3.8, 4) is 33.8 Å². The van der Waals surface area contributed by atoms with Crippen LogP contribution in [0.2, 0.25) is 0 Å². The molecule has 2 aromatic carbocycles. The number of aromatic hydroxyl groups is 2. The second kappa shape index (κ2) is 12.5. The van der Waals surface area contributed by atoms with Crippen molar-refractivity contribution in [2.75, 3.05) is 0 Å². The van der Waals surface area contributed by atoms with Gasteiger partial charge in [0.1, 0.15) is 11.5 Å². The van der Waals surface area contributed by atoms with Crippen LogP contribution in [0, 0.1) is 0 Å². The van der Waals surface area contributed by atoms with E-state index in [0.29, 0.717) is 89.4 Å². The summed E-state index contributed by atoms with van der Waals surface area (Å²) in [6.45, 7) is 0. The average Bonchev–Trinajstić information content (AvgIpc) is 3.99. The smallest absolute Gasteiger partial charge is 0.226 e. The number of phenolic OH excluding ortho intramolecular Hbond substituents is 2. The largest absolute Gasteiger partial charge is 0.508 e. The summed E-state index contributed by atoms with van der Waals surface area (Å²) in [5.41, 5.74) is 9.27. The van der Waals surface area contributed by atoms with E-state index in [1.165, 1.54) is 24.3 Å². The van der Waals surface area contributed by atoms with Crippen molar-refractivity contribution in [3.63, 3.8) is 0 Å². The minimum Gasteiger partial charge on any atom is -0.508 e. The number of hydrogen-bond donors (Lipinski definition) is 4. The molecule has 10 heteroatoms. The first-order valence-corrected chi connectivity index (χ1v) is 16.9. The van der Waals surface area contributed by atoms with Gasteiger partial charge in [0.15, 0.2) is 0 Å². The van der Waals surface area contributed by atoms with E-state index in [1.807, 2.05) is 60.7 Å². The quantitative estimate of drug-likeness (QED) is 0.107. The Hall–Kier alpha value is -7.72. The molecule has 0 saturated carbocycles. The van der Waals surface area contributed by atoms with E-state index in [1.54, 1.807) is 48.6 Å². The van der Waals surface area contributed by atoms with E-state index < -0.39 is 23.1 Å². The molecule has 0 radical (unpaired) electrons. The number of nitrogens with zero attached hydrogens (tertiary/aromatic N) is 2. The molecular formula is C44H26N4O6. The molecule has 0 atom stereocenters. The first kappa shape index (κ1) is 32.2. The highest BCUT2D eigenvalue weighted by atomic mass is 16.3. The highest BCUT2D eigenvalue weighted by Crippen LogP contribution is 2.38. The van der Waals surface area contributed by atoms with Crippen LogP contribution in [-0.2, 0) is 19.2 Å². The predicted octanol–water partition coefficient (Wildman–Crippen LogP) is 7.58. The average molecular weight is 707 g/mol. The Labute approximate surface area is 306 Å². The van der Waals surface area contributed by atoms with Crippen LogP contribution in [0.4, 0.5) is 0 Å². The number of benzene rings is 2. The predicted molar refractivity (Wildman–Crippen MR) is 207 cm³/mol. The zero-order chi connectivity index (χ0) is 37.1. The standard InChI is InChI=1S/C44H26N4O6/c49-27-5-1-3-23(19-27)41-29-9-13-33(45-29)43(25-7-17-37(51)39(53)21-25)35-15-11-31(47-35)42(24-4-2-6-28(50)20-24)32-12-16-36(48-32)44(34-14-10-30(41)46-34)26-8-18-38(52)40(54)22-26/h1-22,45,48-50H. The van der Waals surface area contributed by atoms with Crippen molar-refractivity contribution in [1.29, 1.82) is 0 Å².